The van der Waals surface area contributed by atoms with E-state index in [1.54, 1.807) is 23.9 Å². The van der Waals surface area contributed by atoms with E-state index >= 15 is 0 Å². The van der Waals surface area contributed by atoms with Crippen LogP contribution >= 0.6 is 0 Å². The predicted octanol–water partition coefficient (Wildman–Crippen LogP) is 2.50. The first-order valence-electron chi connectivity index (χ1n) is 7.36. The first-order valence-corrected chi connectivity index (χ1v) is 7.36. The molecule has 0 aromatic rings. The highest BCUT2D eigenvalue weighted by Crippen LogP contribution is 2.29. The molecule has 1 aliphatic rings. The van der Waals surface area contributed by atoms with Crippen molar-refractivity contribution in [1.82, 2.24) is 9.80 Å². The fraction of sp³-hybridized carbons (Fsp3) is 0.867. The Morgan fingerprint density at radius 3 is 2.35 bits per heavy atom. The smallest absolute Gasteiger partial charge is 0.410 e. The van der Waals surface area contributed by atoms with Gasteiger partial charge < -0.3 is 9.64 Å². The van der Waals surface area contributed by atoms with Gasteiger partial charge in [0.1, 0.15) is 11.6 Å². The van der Waals surface area contributed by atoms with Crippen molar-refractivity contribution in [3.05, 3.63) is 0 Å². The summed E-state index contributed by atoms with van der Waals surface area (Å²) in [6.45, 7) is 8.26. The van der Waals surface area contributed by atoms with Gasteiger partial charge in [0.15, 0.2) is 0 Å². The molecule has 0 aromatic carbocycles. The van der Waals surface area contributed by atoms with Crippen LogP contribution in [-0.2, 0) is 9.53 Å². The number of likely N-dealkylation sites (tertiary alicyclic amines) is 1. The second-order valence-corrected chi connectivity index (χ2v) is 6.77. The second-order valence-electron chi connectivity index (χ2n) is 6.77. The van der Waals surface area contributed by atoms with Gasteiger partial charge in [0.25, 0.3) is 0 Å². The molecule has 2 amide bonds. The zero-order chi connectivity index (χ0) is 15.5. The number of hydrogen-bond acceptors (Lipinski definition) is 3. The standard InChI is InChI=1S/C15H28N2O3/c1-7-8-11-9-12(13(18)16(5)6)17(10-11)14(19)20-15(2,3)4/h11-12H,7-10H2,1-6H3/t11-,12?/m0/s1. The minimum Gasteiger partial charge on any atom is -0.444 e. The molecule has 1 rings (SSSR count). The summed E-state index contributed by atoms with van der Waals surface area (Å²) in [5.41, 5.74) is -0.536. The number of likely N-dealkylation sites (N-methyl/N-ethyl adjacent to an activating group) is 1. The van der Waals surface area contributed by atoms with Gasteiger partial charge in [-0.05, 0) is 39.5 Å². The van der Waals surface area contributed by atoms with Crippen LogP contribution in [0.25, 0.3) is 0 Å². The summed E-state index contributed by atoms with van der Waals surface area (Å²) in [6, 6.07) is -0.378. The monoisotopic (exact) mass is 284 g/mol. The van der Waals surface area contributed by atoms with E-state index in [2.05, 4.69) is 6.92 Å². The van der Waals surface area contributed by atoms with Crippen molar-refractivity contribution in [3.8, 4) is 0 Å². The van der Waals surface area contributed by atoms with E-state index in [4.69, 9.17) is 4.74 Å². The van der Waals surface area contributed by atoms with Gasteiger partial charge >= 0.3 is 6.09 Å². The third-order valence-corrected chi connectivity index (χ3v) is 3.44. The van der Waals surface area contributed by atoms with Gasteiger partial charge in [-0.25, -0.2) is 4.79 Å². The van der Waals surface area contributed by atoms with E-state index in [-0.39, 0.29) is 18.0 Å². The Balaban J connectivity index is 2.83. The van der Waals surface area contributed by atoms with Crippen LogP contribution in [0.3, 0.4) is 0 Å². The van der Waals surface area contributed by atoms with Gasteiger partial charge in [0.05, 0.1) is 0 Å². The molecule has 2 atom stereocenters. The molecular weight excluding hydrogens is 256 g/mol. The highest BCUT2D eigenvalue weighted by atomic mass is 16.6. The Bertz CT molecular complexity index is 361. The molecule has 1 saturated heterocycles. The zero-order valence-corrected chi connectivity index (χ0v) is 13.6. The van der Waals surface area contributed by atoms with Crippen LogP contribution in [0.4, 0.5) is 4.79 Å². The lowest BCUT2D eigenvalue weighted by Gasteiger charge is -2.29. The molecule has 0 N–H and O–H groups in total. The molecule has 20 heavy (non-hydrogen) atoms. The second kappa shape index (κ2) is 6.46. The Kier molecular flexibility index (Phi) is 5.42. The number of amides is 2. The van der Waals surface area contributed by atoms with Gasteiger partial charge in [-0.1, -0.05) is 13.3 Å². The van der Waals surface area contributed by atoms with Crippen LogP contribution < -0.4 is 0 Å². The maximum Gasteiger partial charge on any atom is 0.410 e. The largest absolute Gasteiger partial charge is 0.444 e. The molecular formula is C15H28N2O3. The first-order chi connectivity index (χ1) is 9.15. The third-order valence-electron chi connectivity index (χ3n) is 3.44. The molecule has 116 valence electrons. The molecule has 1 heterocycles. The first kappa shape index (κ1) is 16.8. The lowest BCUT2D eigenvalue weighted by atomic mass is 10.00. The van der Waals surface area contributed by atoms with Gasteiger partial charge in [0.2, 0.25) is 5.91 Å². The summed E-state index contributed by atoms with van der Waals surface area (Å²) < 4.78 is 5.42. The number of hydrogen-bond donors (Lipinski definition) is 0. The van der Waals surface area contributed by atoms with Crippen molar-refractivity contribution in [2.24, 2.45) is 5.92 Å². The topological polar surface area (TPSA) is 49.9 Å². The number of nitrogens with zero attached hydrogens (tertiary/aromatic N) is 2. The number of carbonyl (C=O) groups is 2. The molecule has 0 aliphatic carbocycles. The van der Waals surface area contributed by atoms with Crippen molar-refractivity contribution in [1.29, 1.82) is 0 Å². The molecule has 0 bridgehead atoms. The average molecular weight is 284 g/mol. The van der Waals surface area contributed by atoms with Crippen LogP contribution in [0.5, 0.6) is 0 Å². The zero-order valence-electron chi connectivity index (χ0n) is 13.6. The number of rotatable bonds is 3. The minimum atomic E-state index is -0.536. The predicted molar refractivity (Wildman–Crippen MR) is 78.4 cm³/mol. The van der Waals surface area contributed by atoms with E-state index in [1.165, 1.54) is 0 Å². The SMILES string of the molecule is CCC[C@H]1CC(C(=O)N(C)C)N(C(=O)OC(C)(C)C)C1. The van der Waals surface area contributed by atoms with E-state index in [1.807, 2.05) is 20.8 Å². The summed E-state index contributed by atoms with van der Waals surface area (Å²) in [6.07, 6.45) is 2.47. The fourth-order valence-electron chi connectivity index (χ4n) is 2.59. The van der Waals surface area contributed by atoms with Crippen LogP contribution in [0.15, 0.2) is 0 Å². The van der Waals surface area contributed by atoms with E-state index < -0.39 is 5.60 Å². The molecule has 1 fully saturated rings. The van der Waals surface area contributed by atoms with E-state index in [0.717, 1.165) is 19.3 Å². The van der Waals surface area contributed by atoms with E-state index in [9.17, 15) is 9.59 Å². The van der Waals surface area contributed by atoms with Crippen molar-refractivity contribution >= 4 is 12.0 Å². The molecule has 5 nitrogen and oxygen atoms in total. The number of carbonyl (C=O) groups excluding carboxylic acids is 2. The van der Waals surface area contributed by atoms with Crippen LogP contribution in [0, 0.1) is 5.92 Å². The van der Waals surface area contributed by atoms with Crippen molar-refractivity contribution < 1.29 is 14.3 Å². The molecule has 0 spiro atoms. The third kappa shape index (κ3) is 4.39. The molecule has 1 aliphatic heterocycles. The highest BCUT2D eigenvalue weighted by Gasteiger charge is 2.41. The van der Waals surface area contributed by atoms with Crippen molar-refractivity contribution in [2.45, 2.75) is 58.6 Å². The van der Waals surface area contributed by atoms with Gasteiger partial charge in [-0.2, -0.15) is 0 Å². The number of ether oxygens (including phenoxy) is 1. The summed E-state index contributed by atoms with van der Waals surface area (Å²) in [7, 11) is 3.45. The Labute approximate surface area is 122 Å². The van der Waals surface area contributed by atoms with Crippen LogP contribution in [0.2, 0.25) is 0 Å². The molecule has 1 unspecified atom stereocenters. The fourth-order valence-corrected chi connectivity index (χ4v) is 2.59. The lowest BCUT2D eigenvalue weighted by Crippen LogP contribution is -2.47. The maximum absolute atomic E-state index is 12.3. The van der Waals surface area contributed by atoms with E-state index in [0.29, 0.717) is 12.5 Å². The minimum absolute atomic E-state index is 0.0190. The maximum atomic E-state index is 12.3. The Morgan fingerprint density at radius 2 is 1.90 bits per heavy atom. The quantitative estimate of drug-likeness (QED) is 0.800. The van der Waals surface area contributed by atoms with Crippen molar-refractivity contribution in [3.63, 3.8) is 0 Å². The summed E-state index contributed by atoms with van der Waals surface area (Å²) in [5, 5.41) is 0. The normalized spacial score (nSPS) is 22.8. The Hall–Kier alpha value is -1.26. The van der Waals surface area contributed by atoms with Gasteiger partial charge in [-0.15, -0.1) is 0 Å². The van der Waals surface area contributed by atoms with Crippen LogP contribution in [-0.4, -0.2) is 54.1 Å². The van der Waals surface area contributed by atoms with Crippen molar-refractivity contribution in [2.75, 3.05) is 20.6 Å². The highest BCUT2D eigenvalue weighted by molar-refractivity contribution is 5.86. The van der Waals surface area contributed by atoms with Gasteiger partial charge in [0, 0.05) is 20.6 Å². The summed E-state index contributed by atoms with van der Waals surface area (Å²) >= 11 is 0. The molecule has 0 radical (unpaired) electrons. The lowest BCUT2D eigenvalue weighted by molar-refractivity contribution is -0.133. The summed E-state index contributed by atoms with van der Waals surface area (Å²) in [4.78, 5) is 27.7. The van der Waals surface area contributed by atoms with Crippen LogP contribution in [0.1, 0.15) is 47.0 Å². The average Bonchev–Trinajstić information content (AvgIpc) is 2.70. The van der Waals surface area contributed by atoms with Gasteiger partial charge in [-0.3, -0.25) is 9.69 Å². The summed E-state index contributed by atoms with van der Waals surface area (Å²) in [5.74, 6) is 0.371. The molecule has 0 saturated carbocycles. The Morgan fingerprint density at radius 1 is 1.30 bits per heavy atom. The molecule has 0 aromatic heterocycles. The molecule has 5 heteroatoms.